The summed E-state index contributed by atoms with van der Waals surface area (Å²) < 4.78 is 5.34. The van der Waals surface area contributed by atoms with Crippen LogP contribution in [0.25, 0.3) is 11.0 Å². The van der Waals surface area contributed by atoms with E-state index < -0.39 is 5.24 Å². The molecule has 2 aromatic carbocycles. The van der Waals surface area contributed by atoms with Gasteiger partial charge < -0.3 is 9.72 Å². The number of carbonyl (C=O) groups is 1. The number of aromatic nitrogens is 2. The predicted octanol–water partition coefficient (Wildman–Crippen LogP) is 4.10. The minimum atomic E-state index is -0.530. The summed E-state index contributed by atoms with van der Waals surface area (Å²) in [4.78, 5) is 19.4. The Morgan fingerprint density at radius 1 is 1.23 bits per heavy atom. The molecule has 1 N–H and O–H groups in total. The quantitative estimate of drug-likeness (QED) is 0.737. The zero-order chi connectivity index (χ0) is 15.7. The van der Waals surface area contributed by atoms with Gasteiger partial charge in [0.25, 0.3) is 5.24 Å². The first-order valence-corrected chi connectivity index (χ1v) is 7.31. The SMILES string of the molecule is COc1ccc(C(=O)Cl)c2nc(C(C)c3ccccc3)[nH]c12. The molecule has 1 heterocycles. The number of ether oxygens (including phenoxy) is 1. The second-order valence-corrected chi connectivity index (χ2v) is 5.41. The van der Waals surface area contributed by atoms with Gasteiger partial charge in [0.05, 0.1) is 12.7 Å². The van der Waals surface area contributed by atoms with Crippen molar-refractivity contribution in [1.29, 1.82) is 0 Å². The summed E-state index contributed by atoms with van der Waals surface area (Å²) >= 11 is 5.65. The van der Waals surface area contributed by atoms with Crippen molar-refractivity contribution in [2.75, 3.05) is 7.11 Å². The smallest absolute Gasteiger partial charge is 0.254 e. The van der Waals surface area contributed by atoms with Crippen LogP contribution in [0.3, 0.4) is 0 Å². The Balaban J connectivity index is 2.16. The van der Waals surface area contributed by atoms with Crippen molar-refractivity contribution < 1.29 is 9.53 Å². The Kier molecular flexibility index (Phi) is 3.86. The molecule has 1 unspecified atom stereocenters. The van der Waals surface area contributed by atoms with Crippen LogP contribution in [0.4, 0.5) is 0 Å². The summed E-state index contributed by atoms with van der Waals surface area (Å²) in [5, 5.41) is -0.530. The maximum Gasteiger partial charge on any atom is 0.254 e. The van der Waals surface area contributed by atoms with Crippen molar-refractivity contribution in [1.82, 2.24) is 9.97 Å². The number of imidazole rings is 1. The molecular weight excluding hydrogens is 300 g/mol. The van der Waals surface area contributed by atoms with Crippen LogP contribution in [0.1, 0.15) is 34.6 Å². The van der Waals surface area contributed by atoms with Crippen molar-refractivity contribution in [3.8, 4) is 5.75 Å². The number of H-pyrrole nitrogens is 1. The highest BCUT2D eigenvalue weighted by Gasteiger charge is 2.19. The van der Waals surface area contributed by atoms with Crippen LogP contribution in [-0.4, -0.2) is 22.3 Å². The van der Waals surface area contributed by atoms with Crippen molar-refractivity contribution in [3.05, 3.63) is 59.4 Å². The summed E-state index contributed by atoms with van der Waals surface area (Å²) in [6.07, 6.45) is 0. The van der Waals surface area contributed by atoms with Gasteiger partial charge in [-0.1, -0.05) is 37.3 Å². The highest BCUT2D eigenvalue weighted by Crippen LogP contribution is 2.31. The molecule has 3 aromatic rings. The Morgan fingerprint density at radius 2 is 1.95 bits per heavy atom. The lowest BCUT2D eigenvalue weighted by molar-refractivity contribution is 0.108. The van der Waals surface area contributed by atoms with Gasteiger partial charge >= 0.3 is 0 Å². The van der Waals surface area contributed by atoms with Crippen molar-refractivity contribution in [2.24, 2.45) is 0 Å². The lowest BCUT2D eigenvalue weighted by Gasteiger charge is -2.08. The van der Waals surface area contributed by atoms with Crippen LogP contribution < -0.4 is 4.74 Å². The van der Waals surface area contributed by atoms with Gasteiger partial charge in [0.15, 0.2) is 0 Å². The lowest BCUT2D eigenvalue weighted by Crippen LogP contribution is -1.98. The normalized spacial score (nSPS) is 12.3. The molecule has 0 aliphatic rings. The Hall–Kier alpha value is -2.33. The molecule has 0 amide bonds. The molecule has 0 spiro atoms. The first-order chi connectivity index (χ1) is 10.6. The molecule has 5 heteroatoms. The lowest BCUT2D eigenvalue weighted by atomic mass is 10.0. The topological polar surface area (TPSA) is 55.0 Å². The number of nitrogens with zero attached hydrogens (tertiary/aromatic N) is 1. The Morgan fingerprint density at radius 3 is 2.59 bits per heavy atom. The molecule has 22 heavy (non-hydrogen) atoms. The van der Waals surface area contributed by atoms with Gasteiger partial charge in [-0.15, -0.1) is 0 Å². The minimum Gasteiger partial charge on any atom is -0.494 e. The molecule has 1 aromatic heterocycles. The van der Waals surface area contributed by atoms with E-state index in [1.54, 1.807) is 19.2 Å². The van der Waals surface area contributed by atoms with E-state index in [4.69, 9.17) is 16.3 Å². The fourth-order valence-electron chi connectivity index (χ4n) is 2.52. The highest BCUT2D eigenvalue weighted by atomic mass is 35.5. The molecule has 0 aliphatic carbocycles. The number of hydrogen-bond donors (Lipinski definition) is 1. The van der Waals surface area contributed by atoms with Gasteiger partial charge in [0.2, 0.25) is 0 Å². The van der Waals surface area contributed by atoms with Gasteiger partial charge in [-0.25, -0.2) is 4.98 Å². The van der Waals surface area contributed by atoms with Crippen LogP contribution in [0.2, 0.25) is 0 Å². The number of fused-ring (bicyclic) bond motifs is 1. The maximum atomic E-state index is 11.6. The second kappa shape index (κ2) is 5.81. The number of hydrogen-bond acceptors (Lipinski definition) is 3. The number of benzene rings is 2. The van der Waals surface area contributed by atoms with E-state index in [-0.39, 0.29) is 5.92 Å². The molecule has 0 fully saturated rings. The van der Waals surface area contributed by atoms with E-state index in [0.29, 0.717) is 22.3 Å². The summed E-state index contributed by atoms with van der Waals surface area (Å²) in [5.41, 5.74) is 2.74. The number of aromatic amines is 1. The molecule has 3 rings (SSSR count). The molecular formula is C17H15ClN2O2. The third kappa shape index (κ3) is 2.46. The van der Waals surface area contributed by atoms with E-state index >= 15 is 0 Å². The fourth-order valence-corrected chi connectivity index (χ4v) is 2.67. The Bertz CT molecular complexity index is 827. The van der Waals surface area contributed by atoms with Crippen LogP contribution in [0, 0.1) is 0 Å². The number of halogens is 1. The van der Waals surface area contributed by atoms with Gasteiger partial charge in [-0.3, -0.25) is 4.79 Å². The summed E-state index contributed by atoms with van der Waals surface area (Å²) in [6, 6.07) is 13.4. The number of rotatable bonds is 4. The zero-order valence-electron chi connectivity index (χ0n) is 12.3. The summed E-state index contributed by atoms with van der Waals surface area (Å²) in [5.74, 6) is 1.47. The Labute approximate surface area is 133 Å². The van der Waals surface area contributed by atoms with Crippen molar-refractivity contribution in [3.63, 3.8) is 0 Å². The van der Waals surface area contributed by atoms with Crippen LogP contribution in [-0.2, 0) is 0 Å². The van der Waals surface area contributed by atoms with Gasteiger partial charge in [-0.2, -0.15) is 0 Å². The summed E-state index contributed by atoms with van der Waals surface area (Å²) in [7, 11) is 1.58. The highest BCUT2D eigenvalue weighted by molar-refractivity contribution is 6.68. The molecule has 0 bridgehead atoms. The largest absolute Gasteiger partial charge is 0.494 e. The molecule has 0 saturated heterocycles. The van der Waals surface area contributed by atoms with Gasteiger partial charge in [0.1, 0.15) is 22.6 Å². The first-order valence-electron chi connectivity index (χ1n) is 6.93. The number of methoxy groups -OCH3 is 1. The second-order valence-electron chi connectivity index (χ2n) is 5.07. The first kappa shape index (κ1) is 14.6. The zero-order valence-corrected chi connectivity index (χ0v) is 13.0. The fraction of sp³-hybridized carbons (Fsp3) is 0.176. The van der Waals surface area contributed by atoms with Crippen LogP contribution >= 0.6 is 11.6 Å². The predicted molar refractivity (Wildman–Crippen MR) is 86.8 cm³/mol. The van der Waals surface area contributed by atoms with Gasteiger partial charge in [-0.05, 0) is 29.3 Å². The molecule has 1 atom stereocenters. The number of nitrogens with one attached hydrogen (secondary N) is 1. The van der Waals surface area contributed by atoms with E-state index in [1.807, 2.05) is 30.3 Å². The van der Waals surface area contributed by atoms with E-state index in [0.717, 1.165) is 11.4 Å². The number of carbonyl (C=O) groups excluding carboxylic acids is 1. The molecule has 0 radical (unpaired) electrons. The standard InChI is InChI=1S/C17H15ClN2O2/c1-10(11-6-4-3-5-7-11)17-19-14-12(16(18)21)8-9-13(22-2)15(14)20-17/h3-10H,1-2H3,(H,19,20). The van der Waals surface area contributed by atoms with Crippen molar-refractivity contribution in [2.45, 2.75) is 12.8 Å². The monoisotopic (exact) mass is 314 g/mol. The average molecular weight is 315 g/mol. The van der Waals surface area contributed by atoms with Gasteiger partial charge in [0, 0.05) is 5.92 Å². The maximum absolute atomic E-state index is 11.6. The molecule has 0 saturated carbocycles. The van der Waals surface area contributed by atoms with Crippen molar-refractivity contribution >= 4 is 27.9 Å². The van der Waals surface area contributed by atoms with E-state index in [2.05, 4.69) is 16.9 Å². The molecule has 0 aliphatic heterocycles. The van der Waals surface area contributed by atoms with E-state index in [9.17, 15) is 4.79 Å². The third-order valence-electron chi connectivity index (χ3n) is 3.77. The van der Waals surface area contributed by atoms with Crippen LogP contribution in [0.5, 0.6) is 5.75 Å². The molecule has 112 valence electrons. The third-order valence-corrected chi connectivity index (χ3v) is 3.97. The van der Waals surface area contributed by atoms with E-state index in [1.165, 1.54) is 0 Å². The summed E-state index contributed by atoms with van der Waals surface area (Å²) in [6.45, 7) is 2.06. The van der Waals surface area contributed by atoms with Crippen LogP contribution in [0.15, 0.2) is 42.5 Å². The average Bonchev–Trinajstić information content (AvgIpc) is 2.98. The minimum absolute atomic E-state index is 0.0663. The molecule has 4 nitrogen and oxygen atoms in total.